The van der Waals surface area contributed by atoms with E-state index in [1.165, 1.54) is 13.0 Å². The third-order valence-electron chi connectivity index (χ3n) is 0.976. The number of hydrogen-bond acceptors (Lipinski definition) is 4. The summed E-state index contributed by atoms with van der Waals surface area (Å²) in [6.07, 6.45) is 2.53. The van der Waals surface area contributed by atoms with Gasteiger partial charge in [-0.2, -0.15) is 5.11 Å². The van der Waals surface area contributed by atoms with Gasteiger partial charge in [0, 0.05) is 6.08 Å². The lowest BCUT2D eigenvalue weighted by atomic mass is 10.4. The Bertz CT molecular complexity index is 294. The van der Waals surface area contributed by atoms with E-state index in [4.69, 9.17) is 5.73 Å². The second-order valence-corrected chi connectivity index (χ2v) is 2.24. The SMILES string of the molecule is C=CCOC(=O)/C=C(\C)N=NC(N)=O. The standard InChI is InChI=1S/C8H11N3O3/c1-3-4-14-7(12)5-6(2)10-11-8(9)13/h3,5H,1,4H2,2H3,(H2,9,13)/b6-5+,11-10?. The molecule has 2 N–H and O–H groups in total. The summed E-state index contributed by atoms with van der Waals surface area (Å²) in [4.78, 5) is 21.1. The molecule has 2 amide bonds. The Hall–Kier alpha value is -1.98. The molecule has 76 valence electrons. The van der Waals surface area contributed by atoms with Crippen LogP contribution in [0.4, 0.5) is 4.79 Å². The third kappa shape index (κ3) is 6.71. The molecular formula is C8H11N3O3. The lowest BCUT2D eigenvalue weighted by molar-refractivity contribution is -0.136. The highest BCUT2D eigenvalue weighted by Crippen LogP contribution is 1.96. The first-order chi connectivity index (χ1) is 6.56. The van der Waals surface area contributed by atoms with Crippen LogP contribution in [0.1, 0.15) is 6.92 Å². The molecule has 0 spiro atoms. The van der Waals surface area contributed by atoms with E-state index in [0.717, 1.165) is 6.08 Å². The van der Waals surface area contributed by atoms with E-state index in [0.29, 0.717) is 0 Å². The van der Waals surface area contributed by atoms with Crippen LogP contribution in [0.15, 0.2) is 34.7 Å². The highest BCUT2D eigenvalue weighted by Gasteiger charge is 1.97. The number of rotatable bonds is 4. The van der Waals surface area contributed by atoms with Crippen molar-refractivity contribution in [2.75, 3.05) is 6.61 Å². The quantitative estimate of drug-likeness (QED) is 0.317. The second-order valence-electron chi connectivity index (χ2n) is 2.24. The molecule has 6 heteroatoms. The monoisotopic (exact) mass is 197 g/mol. The summed E-state index contributed by atoms with van der Waals surface area (Å²) in [6.45, 7) is 4.98. The molecule has 0 aliphatic rings. The van der Waals surface area contributed by atoms with Crippen LogP contribution in [0.25, 0.3) is 0 Å². The van der Waals surface area contributed by atoms with E-state index in [1.54, 1.807) is 0 Å². The molecule has 0 radical (unpaired) electrons. The van der Waals surface area contributed by atoms with Gasteiger partial charge in [-0.3, -0.25) is 0 Å². The van der Waals surface area contributed by atoms with Gasteiger partial charge in [0.25, 0.3) is 0 Å². The van der Waals surface area contributed by atoms with Gasteiger partial charge in [0.05, 0.1) is 5.70 Å². The Labute approximate surface area is 81.1 Å². The van der Waals surface area contributed by atoms with Crippen LogP contribution >= 0.6 is 0 Å². The fraction of sp³-hybridized carbons (Fsp3) is 0.250. The van der Waals surface area contributed by atoms with Crippen LogP contribution in [-0.4, -0.2) is 18.6 Å². The first-order valence-electron chi connectivity index (χ1n) is 3.73. The maximum absolute atomic E-state index is 10.9. The smallest absolute Gasteiger partial charge is 0.356 e. The lowest BCUT2D eigenvalue weighted by Crippen LogP contribution is -2.03. The van der Waals surface area contributed by atoms with Gasteiger partial charge < -0.3 is 10.5 Å². The number of carbonyl (C=O) groups is 2. The molecule has 0 saturated heterocycles. The molecule has 0 aromatic rings. The lowest BCUT2D eigenvalue weighted by Gasteiger charge is -1.95. The van der Waals surface area contributed by atoms with E-state index >= 15 is 0 Å². The Kier molecular flexibility index (Phi) is 5.60. The molecule has 0 heterocycles. The van der Waals surface area contributed by atoms with E-state index in [-0.39, 0.29) is 12.3 Å². The highest BCUT2D eigenvalue weighted by molar-refractivity contribution is 5.82. The Morgan fingerprint density at radius 1 is 1.50 bits per heavy atom. The number of nitrogens with two attached hydrogens (primary N) is 1. The number of urea groups is 1. The number of ether oxygens (including phenoxy) is 1. The van der Waals surface area contributed by atoms with Gasteiger partial charge in [-0.1, -0.05) is 17.8 Å². The zero-order chi connectivity index (χ0) is 11.0. The minimum Gasteiger partial charge on any atom is -0.458 e. The second kappa shape index (κ2) is 6.53. The number of amides is 2. The van der Waals surface area contributed by atoms with Crippen LogP contribution < -0.4 is 5.73 Å². The van der Waals surface area contributed by atoms with Gasteiger partial charge in [0.2, 0.25) is 0 Å². The van der Waals surface area contributed by atoms with E-state index in [1.807, 2.05) is 0 Å². The van der Waals surface area contributed by atoms with Crippen LogP contribution in [0.3, 0.4) is 0 Å². The summed E-state index contributed by atoms with van der Waals surface area (Å²) in [5.41, 5.74) is 4.93. The first-order valence-corrected chi connectivity index (χ1v) is 3.73. The van der Waals surface area contributed by atoms with Crippen molar-refractivity contribution in [1.29, 1.82) is 0 Å². The molecule has 0 saturated carbocycles. The van der Waals surface area contributed by atoms with Crippen molar-refractivity contribution in [2.24, 2.45) is 16.0 Å². The summed E-state index contributed by atoms with van der Waals surface area (Å²) in [7, 11) is 0. The third-order valence-corrected chi connectivity index (χ3v) is 0.976. The average Bonchev–Trinajstić information content (AvgIpc) is 2.11. The molecule has 0 aliphatic heterocycles. The van der Waals surface area contributed by atoms with E-state index in [9.17, 15) is 9.59 Å². The molecule has 0 aromatic heterocycles. The van der Waals surface area contributed by atoms with Crippen molar-refractivity contribution in [3.63, 3.8) is 0 Å². The summed E-state index contributed by atoms with van der Waals surface area (Å²) in [5, 5.41) is 6.38. The minimum absolute atomic E-state index is 0.121. The Morgan fingerprint density at radius 3 is 2.64 bits per heavy atom. The van der Waals surface area contributed by atoms with Crippen LogP contribution in [0.5, 0.6) is 0 Å². The first kappa shape index (κ1) is 12.0. The number of hydrogen-bond donors (Lipinski definition) is 1. The molecule has 0 bridgehead atoms. The predicted molar refractivity (Wildman–Crippen MR) is 49.4 cm³/mol. The largest absolute Gasteiger partial charge is 0.458 e. The molecule has 6 nitrogen and oxygen atoms in total. The number of allylic oxidation sites excluding steroid dienone is 1. The zero-order valence-electron chi connectivity index (χ0n) is 7.77. The molecule has 0 aromatic carbocycles. The normalized spacial score (nSPS) is 11.4. The minimum atomic E-state index is -0.919. The molecule has 0 unspecified atom stereocenters. The molecule has 0 fully saturated rings. The van der Waals surface area contributed by atoms with Crippen molar-refractivity contribution in [1.82, 2.24) is 0 Å². The maximum atomic E-state index is 10.9. The van der Waals surface area contributed by atoms with Gasteiger partial charge in [0.15, 0.2) is 0 Å². The number of nitrogens with zero attached hydrogens (tertiary/aromatic N) is 2. The van der Waals surface area contributed by atoms with Gasteiger partial charge in [0.1, 0.15) is 6.61 Å². The van der Waals surface area contributed by atoms with Gasteiger partial charge in [-0.05, 0) is 6.92 Å². The summed E-state index contributed by atoms with van der Waals surface area (Å²) >= 11 is 0. The van der Waals surface area contributed by atoms with E-state index in [2.05, 4.69) is 21.5 Å². The fourth-order valence-corrected chi connectivity index (χ4v) is 0.510. The van der Waals surface area contributed by atoms with Crippen LogP contribution in [-0.2, 0) is 9.53 Å². The molecular weight excluding hydrogens is 186 g/mol. The zero-order valence-corrected chi connectivity index (χ0v) is 7.77. The van der Waals surface area contributed by atoms with Crippen molar-refractivity contribution in [3.05, 3.63) is 24.4 Å². The summed E-state index contributed by atoms with van der Waals surface area (Å²) in [5.74, 6) is -0.578. The van der Waals surface area contributed by atoms with Crippen LogP contribution in [0, 0.1) is 0 Å². The molecule has 14 heavy (non-hydrogen) atoms. The molecule has 0 aliphatic carbocycles. The fourth-order valence-electron chi connectivity index (χ4n) is 0.510. The van der Waals surface area contributed by atoms with Crippen molar-refractivity contribution in [2.45, 2.75) is 6.92 Å². The van der Waals surface area contributed by atoms with E-state index < -0.39 is 12.0 Å². The van der Waals surface area contributed by atoms with Crippen molar-refractivity contribution < 1.29 is 14.3 Å². The Balaban J connectivity index is 4.15. The predicted octanol–water partition coefficient (Wildman–Crippen LogP) is 1.15. The average molecular weight is 197 g/mol. The summed E-state index contributed by atoms with van der Waals surface area (Å²) < 4.78 is 4.62. The topological polar surface area (TPSA) is 94.1 Å². The number of carbonyl (C=O) groups excluding carboxylic acids is 2. The number of azo groups is 1. The number of primary amides is 1. The van der Waals surface area contributed by atoms with Gasteiger partial charge in [-0.25, -0.2) is 9.59 Å². The van der Waals surface area contributed by atoms with Crippen molar-refractivity contribution in [3.8, 4) is 0 Å². The molecule has 0 atom stereocenters. The van der Waals surface area contributed by atoms with Crippen LogP contribution in [0.2, 0.25) is 0 Å². The van der Waals surface area contributed by atoms with Crippen molar-refractivity contribution >= 4 is 12.0 Å². The Morgan fingerprint density at radius 2 is 2.14 bits per heavy atom. The molecule has 0 rings (SSSR count). The van der Waals surface area contributed by atoms with Gasteiger partial charge >= 0.3 is 12.0 Å². The summed E-state index contributed by atoms with van der Waals surface area (Å²) in [6, 6.07) is -0.919. The van der Waals surface area contributed by atoms with Gasteiger partial charge in [-0.15, -0.1) is 0 Å². The highest BCUT2D eigenvalue weighted by atomic mass is 16.5. The maximum Gasteiger partial charge on any atom is 0.356 e. The number of esters is 1.